The number of nitrogens with zero attached hydrogens (tertiary/aromatic N) is 1. The first-order chi connectivity index (χ1) is 14.3. The van der Waals surface area contributed by atoms with Gasteiger partial charge in [0.25, 0.3) is 17.7 Å². The zero-order chi connectivity index (χ0) is 21.6. The zero-order valence-electron chi connectivity index (χ0n) is 17.0. The van der Waals surface area contributed by atoms with E-state index in [-0.39, 0.29) is 28.6 Å². The molecule has 0 unspecified atom stereocenters. The first-order valence-corrected chi connectivity index (χ1v) is 9.87. The lowest BCUT2D eigenvalue weighted by Gasteiger charge is -2.17. The monoisotopic (exact) mass is 406 g/mol. The van der Waals surface area contributed by atoms with Gasteiger partial charge >= 0.3 is 5.97 Å². The summed E-state index contributed by atoms with van der Waals surface area (Å²) >= 11 is 0. The third-order valence-electron chi connectivity index (χ3n) is 5.30. The standard InChI is InChI=1S/C23H22N2O5/c1-12-4-5-13(2)19(10-12)25-21(27)17-9-6-15(11-18(17)22(25)28)23(29)30-14(3)20(26)24-16-7-8-16/h4-6,9-11,14,16H,7-8H2,1-3H3,(H,24,26)/t14-/m0/s1. The number of hydrogen-bond acceptors (Lipinski definition) is 5. The van der Waals surface area contributed by atoms with E-state index in [1.165, 1.54) is 25.1 Å². The Morgan fingerprint density at radius 2 is 1.73 bits per heavy atom. The van der Waals surface area contributed by atoms with Gasteiger partial charge in [-0.3, -0.25) is 14.4 Å². The Balaban J connectivity index is 1.56. The largest absolute Gasteiger partial charge is 0.449 e. The van der Waals surface area contributed by atoms with E-state index in [9.17, 15) is 19.2 Å². The third kappa shape index (κ3) is 3.58. The molecule has 1 N–H and O–H groups in total. The van der Waals surface area contributed by atoms with Crippen LogP contribution in [0.1, 0.15) is 62.0 Å². The average molecular weight is 406 g/mol. The van der Waals surface area contributed by atoms with Crippen LogP contribution < -0.4 is 10.2 Å². The highest BCUT2D eigenvalue weighted by atomic mass is 16.5. The normalized spacial score (nSPS) is 16.3. The van der Waals surface area contributed by atoms with E-state index in [2.05, 4.69) is 5.32 Å². The molecule has 2 aromatic rings. The molecule has 1 saturated carbocycles. The molecule has 0 bridgehead atoms. The quantitative estimate of drug-likeness (QED) is 0.609. The fourth-order valence-corrected chi connectivity index (χ4v) is 3.38. The highest BCUT2D eigenvalue weighted by Crippen LogP contribution is 2.32. The molecule has 0 radical (unpaired) electrons. The summed E-state index contributed by atoms with van der Waals surface area (Å²) in [7, 11) is 0. The van der Waals surface area contributed by atoms with Crippen molar-refractivity contribution in [2.45, 2.75) is 45.8 Å². The Bertz CT molecular complexity index is 1090. The highest BCUT2D eigenvalue weighted by Gasteiger charge is 2.38. The van der Waals surface area contributed by atoms with Crippen LogP contribution in [0.3, 0.4) is 0 Å². The number of rotatable bonds is 5. The molecular weight excluding hydrogens is 384 g/mol. The van der Waals surface area contributed by atoms with Gasteiger partial charge in [0.1, 0.15) is 0 Å². The molecule has 1 aliphatic heterocycles. The summed E-state index contributed by atoms with van der Waals surface area (Å²) in [5.74, 6) is -1.99. The Labute approximate surface area is 174 Å². The zero-order valence-corrected chi connectivity index (χ0v) is 17.0. The minimum atomic E-state index is -0.949. The van der Waals surface area contributed by atoms with Gasteiger partial charge in [0.15, 0.2) is 6.10 Å². The van der Waals surface area contributed by atoms with Crippen molar-refractivity contribution < 1.29 is 23.9 Å². The van der Waals surface area contributed by atoms with Crippen LogP contribution >= 0.6 is 0 Å². The second-order valence-electron chi connectivity index (χ2n) is 7.83. The molecule has 0 spiro atoms. The van der Waals surface area contributed by atoms with Gasteiger partial charge in [0, 0.05) is 6.04 Å². The second kappa shape index (κ2) is 7.40. The second-order valence-corrected chi connectivity index (χ2v) is 7.83. The van der Waals surface area contributed by atoms with Crippen LogP contribution in [-0.2, 0) is 9.53 Å². The number of aryl methyl sites for hydroxylation is 2. The number of benzene rings is 2. The van der Waals surface area contributed by atoms with Crippen molar-refractivity contribution in [3.05, 3.63) is 64.2 Å². The molecular formula is C23H22N2O5. The molecule has 4 rings (SSSR count). The van der Waals surface area contributed by atoms with E-state index in [0.717, 1.165) is 28.9 Å². The molecule has 1 atom stereocenters. The van der Waals surface area contributed by atoms with Crippen LogP contribution in [0.4, 0.5) is 5.69 Å². The maximum atomic E-state index is 13.0. The number of fused-ring (bicyclic) bond motifs is 1. The smallest absolute Gasteiger partial charge is 0.338 e. The maximum Gasteiger partial charge on any atom is 0.338 e. The summed E-state index contributed by atoms with van der Waals surface area (Å²) < 4.78 is 5.23. The molecule has 0 aromatic heterocycles. The number of ether oxygens (including phenoxy) is 1. The Kier molecular flexibility index (Phi) is 4.89. The van der Waals surface area contributed by atoms with Gasteiger partial charge in [-0.2, -0.15) is 0 Å². The molecule has 154 valence electrons. The summed E-state index contributed by atoms with van der Waals surface area (Å²) in [5.41, 5.74) is 2.74. The summed E-state index contributed by atoms with van der Waals surface area (Å²) in [4.78, 5) is 51.5. The molecule has 7 nitrogen and oxygen atoms in total. The number of hydrogen-bond donors (Lipinski definition) is 1. The molecule has 2 aliphatic rings. The number of esters is 1. The van der Waals surface area contributed by atoms with Crippen molar-refractivity contribution in [3.63, 3.8) is 0 Å². The van der Waals surface area contributed by atoms with Gasteiger partial charge in [0.2, 0.25) is 0 Å². The van der Waals surface area contributed by atoms with Crippen molar-refractivity contribution in [3.8, 4) is 0 Å². The van der Waals surface area contributed by atoms with Crippen LogP contribution in [0.25, 0.3) is 0 Å². The van der Waals surface area contributed by atoms with Gasteiger partial charge in [0.05, 0.1) is 22.4 Å². The van der Waals surface area contributed by atoms with Crippen LogP contribution in [0, 0.1) is 13.8 Å². The van der Waals surface area contributed by atoms with Gasteiger partial charge in [-0.15, -0.1) is 0 Å². The lowest BCUT2D eigenvalue weighted by Crippen LogP contribution is -2.37. The van der Waals surface area contributed by atoms with Gasteiger partial charge in [-0.05, 0) is 69.0 Å². The number of carbonyl (C=O) groups is 4. The van der Waals surface area contributed by atoms with Crippen molar-refractivity contribution in [2.75, 3.05) is 4.90 Å². The first kappa shape index (κ1) is 19.8. The predicted molar refractivity (Wildman–Crippen MR) is 110 cm³/mol. The molecule has 3 amide bonds. The van der Waals surface area contributed by atoms with E-state index in [4.69, 9.17) is 4.74 Å². The number of carbonyl (C=O) groups excluding carboxylic acids is 4. The average Bonchev–Trinajstić information content (AvgIpc) is 3.49. The SMILES string of the molecule is Cc1ccc(C)c(N2C(=O)c3ccc(C(=O)O[C@@H](C)C(=O)NC4CC4)cc3C2=O)c1. The first-order valence-electron chi connectivity index (χ1n) is 9.87. The van der Waals surface area contributed by atoms with Gasteiger partial charge in [-0.1, -0.05) is 12.1 Å². The number of amides is 3. The van der Waals surface area contributed by atoms with Crippen LogP contribution in [0.2, 0.25) is 0 Å². The lowest BCUT2D eigenvalue weighted by atomic mass is 10.1. The molecule has 30 heavy (non-hydrogen) atoms. The van der Waals surface area contributed by atoms with E-state index < -0.39 is 23.9 Å². The minimum absolute atomic E-state index is 0.115. The van der Waals surface area contributed by atoms with Crippen LogP contribution in [0.5, 0.6) is 0 Å². The van der Waals surface area contributed by atoms with E-state index in [0.29, 0.717) is 5.69 Å². The Morgan fingerprint density at radius 3 is 2.43 bits per heavy atom. The van der Waals surface area contributed by atoms with Gasteiger partial charge < -0.3 is 10.1 Å². The van der Waals surface area contributed by atoms with Crippen molar-refractivity contribution in [1.82, 2.24) is 5.32 Å². The number of imide groups is 1. The predicted octanol–water partition coefficient (Wildman–Crippen LogP) is 2.93. The summed E-state index contributed by atoms with van der Waals surface area (Å²) in [5, 5.41) is 2.78. The van der Waals surface area contributed by atoms with E-state index in [1.54, 1.807) is 6.07 Å². The summed E-state index contributed by atoms with van der Waals surface area (Å²) in [6, 6.07) is 9.95. The van der Waals surface area contributed by atoms with E-state index in [1.807, 2.05) is 26.0 Å². The maximum absolute atomic E-state index is 13.0. The minimum Gasteiger partial charge on any atom is -0.449 e. The van der Waals surface area contributed by atoms with Crippen LogP contribution in [0.15, 0.2) is 36.4 Å². The molecule has 1 aliphatic carbocycles. The molecule has 7 heteroatoms. The molecule has 2 aromatic carbocycles. The highest BCUT2D eigenvalue weighted by molar-refractivity contribution is 6.35. The molecule has 1 heterocycles. The molecule has 1 fully saturated rings. The van der Waals surface area contributed by atoms with Crippen molar-refractivity contribution in [1.29, 1.82) is 0 Å². The Morgan fingerprint density at radius 1 is 1.03 bits per heavy atom. The van der Waals surface area contributed by atoms with Crippen LogP contribution in [-0.4, -0.2) is 35.8 Å². The topological polar surface area (TPSA) is 92.8 Å². The fourth-order valence-electron chi connectivity index (χ4n) is 3.38. The molecule has 0 saturated heterocycles. The Hall–Kier alpha value is -3.48. The van der Waals surface area contributed by atoms with Crippen molar-refractivity contribution >= 4 is 29.4 Å². The fraction of sp³-hybridized carbons (Fsp3) is 0.304. The van der Waals surface area contributed by atoms with Gasteiger partial charge in [-0.25, -0.2) is 9.69 Å². The third-order valence-corrected chi connectivity index (χ3v) is 5.30. The number of anilines is 1. The lowest BCUT2D eigenvalue weighted by molar-refractivity contribution is -0.129. The summed E-state index contributed by atoms with van der Waals surface area (Å²) in [6.07, 6.45) is 0.921. The summed E-state index contributed by atoms with van der Waals surface area (Å²) in [6.45, 7) is 5.21. The van der Waals surface area contributed by atoms with E-state index >= 15 is 0 Å². The van der Waals surface area contributed by atoms with Crippen molar-refractivity contribution in [2.24, 2.45) is 0 Å². The number of nitrogens with one attached hydrogen (secondary N) is 1.